The maximum Gasteiger partial charge on any atom is 0.283 e. The second kappa shape index (κ2) is 11.0. The zero-order valence-corrected chi connectivity index (χ0v) is 20.7. The van der Waals surface area contributed by atoms with E-state index in [0.717, 1.165) is 11.1 Å². The Bertz CT molecular complexity index is 1250. The molecule has 7 nitrogen and oxygen atoms in total. The molecule has 0 saturated carbocycles. The van der Waals surface area contributed by atoms with Crippen LogP contribution in [0.5, 0.6) is 0 Å². The van der Waals surface area contributed by atoms with Crippen LogP contribution in [0.25, 0.3) is 0 Å². The molecule has 0 spiro atoms. The molecule has 2 N–H and O–H groups in total. The Kier molecular flexibility index (Phi) is 7.55. The Labute approximate surface area is 206 Å². The van der Waals surface area contributed by atoms with Crippen molar-refractivity contribution in [3.8, 4) is 0 Å². The zero-order chi connectivity index (χ0) is 24.8. The highest BCUT2D eigenvalue weighted by atomic mass is 16.2. The van der Waals surface area contributed by atoms with Crippen LogP contribution >= 0.6 is 0 Å². The van der Waals surface area contributed by atoms with Gasteiger partial charge in [0.2, 0.25) is 11.9 Å². The molecule has 4 aromatic rings. The molecule has 0 aliphatic carbocycles. The first-order chi connectivity index (χ1) is 16.9. The van der Waals surface area contributed by atoms with Crippen molar-refractivity contribution in [1.29, 1.82) is 0 Å². The number of hydrogen-bond donors (Lipinski definition) is 2. The van der Waals surface area contributed by atoms with Crippen molar-refractivity contribution in [1.82, 2.24) is 19.7 Å². The smallest absolute Gasteiger partial charge is 0.283 e. The van der Waals surface area contributed by atoms with E-state index in [1.165, 1.54) is 22.0 Å². The first kappa shape index (κ1) is 24.1. The van der Waals surface area contributed by atoms with Crippen LogP contribution in [0.3, 0.4) is 0 Å². The monoisotopic (exact) mass is 468 g/mol. The minimum atomic E-state index is -0.294. The summed E-state index contributed by atoms with van der Waals surface area (Å²) in [6.45, 7) is 9.78. The minimum Gasteiger partial charge on any atom is -0.350 e. The SMILES string of the molecule is CC(C)c1ccc(CNc2nc(NCc3ccc(C(C)C)cc3)n(C(=O)c3cccnc3)n2)cc1. The van der Waals surface area contributed by atoms with E-state index in [2.05, 4.69) is 102 Å². The van der Waals surface area contributed by atoms with E-state index in [1.54, 1.807) is 18.3 Å². The molecule has 7 heteroatoms. The average Bonchev–Trinajstić information content (AvgIpc) is 3.30. The molecule has 0 aliphatic heterocycles. The van der Waals surface area contributed by atoms with Gasteiger partial charge in [-0.1, -0.05) is 76.2 Å². The Morgan fingerprint density at radius 1 is 0.829 bits per heavy atom. The van der Waals surface area contributed by atoms with Crippen LogP contribution in [0, 0.1) is 0 Å². The average molecular weight is 469 g/mol. The molecule has 0 fully saturated rings. The van der Waals surface area contributed by atoms with Crippen LogP contribution < -0.4 is 10.6 Å². The van der Waals surface area contributed by atoms with Gasteiger partial charge in [0.05, 0.1) is 5.56 Å². The summed E-state index contributed by atoms with van der Waals surface area (Å²) in [5, 5.41) is 11.0. The lowest BCUT2D eigenvalue weighted by atomic mass is 10.0. The van der Waals surface area contributed by atoms with E-state index in [0.29, 0.717) is 42.4 Å². The molecule has 2 aromatic heterocycles. The van der Waals surface area contributed by atoms with Crippen LogP contribution in [0.15, 0.2) is 73.1 Å². The van der Waals surface area contributed by atoms with Gasteiger partial charge in [-0.25, -0.2) is 0 Å². The first-order valence-electron chi connectivity index (χ1n) is 12.0. The van der Waals surface area contributed by atoms with Gasteiger partial charge in [-0.2, -0.15) is 9.67 Å². The van der Waals surface area contributed by atoms with Gasteiger partial charge in [0.15, 0.2) is 0 Å². The number of nitrogens with zero attached hydrogens (tertiary/aromatic N) is 4. The molecular formula is C28H32N6O. The van der Waals surface area contributed by atoms with Crippen LogP contribution in [0.4, 0.5) is 11.9 Å². The maximum absolute atomic E-state index is 13.1. The fraction of sp³-hybridized carbons (Fsp3) is 0.286. The number of rotatable bonds is 9. The summed E-state index contributed by atoms with van der Waals surface area (Å²) in [4.78, 5) is 21.8. The molecule has 0 saturated heterocycles. The lowest BCUT2D eigenvalue weighted by Gasteiger charge is -2.09. The molecule has 2 heterocycles. The lowest BCUT2D eigenvalue weighted by Crippen LogP contribution is -2.17. The standard InChI is InChI=1S/C28H32N6O/c1-19(2)23-11-7-21(8-12-23)16-30-27-32-28(31-17-22-9-13-24(14-10-22)20(3)4)34(33-27)26(35)25-6-5-15-29-18-25/h5-15,18-20H,16-17H2,1-4H3,(H2,30,31,32,33). The van der Waals surface area contributed by atoms with E-state index in [-0.39, 0.29) is 5.91 Å². The number of carbonyl (C=O) groups excluding carboxylic acids is 1. The summed E-state index contributed by atoms with van der Waals surface area (Å²) in [6, 6.07) is 20.4. The van der Waals surface area contributed by atoms with Gasteiger partial charge in [0.25, 0.3) is 5.91 Å². The third kappa shape index (κ3) is 6.12. The van der Waals surface area contributed by atoms with Gasteiger partial charge in [-0.05, 0) is 46.2 Å². The number of anilines is 2. The predicted octanol–water partition coefficient (Wildman–Crippen LogP) is 5.83. The summed E-state index contributed by atoms with van der Waals surface area (Å²) < 4.78 is 1.30. The fourth-order valence-corrected chi connectivity index (χ4v) is 3.66. The van der Waals surface area contributed by atoms with Gasteiger partial charge < -0.3 is 10.6 Å². The molecule has 180 valence electrons. The van der Waals surface area contributed by atoms with E-state index in [9.17, 15) is 4.79 Å². The third-order valence-corrected chi connectivity index (χ3v) is 5.90. The Balaban J connectivity index is 1.52. The number of hydrogen-bond acceptors (Lipinski definition) is 6. The van der Waals surface area contributed by atoms with Gasteiger partial charge >= 0.3 is 0 Å². The molecule has 35 heavy (non-hydrogen) atoms. The van der Waals surface area contributed by atoms with Crippen LogP contribution in [-0.4, -0.2) is 25.7 Å². The molecule has 2 aromatic carbocycles. The van der Waals surface area contributed by atoms with Crippen LogP contribution in [0.2, 0.25) is 0 Å². The predicted molar refractivity (Wildman–Crippen MR) is 140 cm³/mol. The highest BCUT2D eigenvalue weighted by Gasteiger charge is 2.18. The summed E-state index contributed by atoms with van der Waals surface area (Å²) in [7, 11) is 0. The molecule has 0 aliphatic rings. The van der Waals surface area contributed by atoms with Gasteiger partial charge in [-0.15, -0.1) is 5.10 Å². The third-order valence-electron chi connectivity index (χ3n) is 5.90. The van der Waals surface area contributed by atoms with Crippen molar-refractivity contribution in [2.75, 3.05) is 10.6 Å². The zero-order valence-electron chi connectivity index (χ0n) is 20.7. The topological polar surface area (TPSA) is 84.7 Å². The Morgan fingerprint density at radius 2 is 1.40 bits per heavy atom. The second-order valence-electron chi connectivity index (χ2n) is 9.22. The number of benzene rings is 2. The van der Waals surface area contributed by atoms with Gasteiger partial charge in [0.1, 0.15) is 0 Å². The quantitative estimate of drug-likeness (QED) is 0.321. The molecule has 0 radical (unpaired) electrons. The number of aromatic nitrogens is 4. The summed E-state index contributed by atoms with van der Waals surface area (Å²) >= 11 is 0. The van der Waals surface area contributed by atoms with Gasteiger partial charge in [-0.3, -0.25) is 9.78 Å². The summed E-state index contributed by atoms with van der Waals surface area (Å²) in [5.74, 6) is 1.44. The summed E-state index contributed by atoms with van der Waals surface area (Å²) in [6.07, 6.45) is 3.16. The fourth-order valence-electron chi connectivity index (χ4n) is 3.66. The van der Waals surface area contributed by atoms with Crippen molar-refractivity contribution in [2.45, 2.75) is 52.6 Å². The first-order valence-corrected chi connectivity index (χ1v) is 12.0. The largest absolute Gasteiger partial charge is 0.350 e. The molecule has 0 unspecified atom stereocenters. The molecule has 4 rings (SSSR count). The van der Waals surface area contributed by atoms with E-state index < -0.39 is 0 Å². The second-order valence-corrected chi connectivity index (χ2v) is 9.22. The minimum absolute atomic E-state index is 0.294. The van der Waals surface area contributed by atoms with E-state index >= 15 is 0 Å². The normalized spacial score (nSPS) is 11.1. The number of pyridine rings is 1. The highest BCUT2D eigenvalue weighted by Crippen LogP contribution is 2.18. The van der Waals surface area contributed by atoms with Crippen LogP contribution in [-0.2, 0) is 13.1 Å². The van der Waals surface area contributed by atoms with Crippen molar-refractivity contribution in [3.05, 3.63) is 101 Å². The molecule has 0 amide bonds. The maximum atomic E-state index is 13.1. The highest BCUT2D eigenvalue weighted by molar-refractivity contribution is 5.96. The van der Waals surface area contributed by atoms with Crippen molar-refractivity contribution < 1.29 is 4.79 Å². The van der Waals surface area contributed by atoms with Crippen molar-refractivity contribution >= 4 is 17.8 Å². The lowest BCUT2D eigenvalue weighted by molar-refractivity contribution is 0.0947. The Hall–Kier alpha value is -4.00. The van der Waals surface area contributed by atoms with E-state index in [4.69, 9.17) is 0 Å². The molecule has 0 bridgehead atoms. The van der Waals surface area contributed by atoms with Gasteiger partial charge in [0, 0.05) is 25.5 Å². The number of nitrogens with one attached hydrogen (secondary N) is 2. The van der Waals surface area contributed by atoms with Crippen molar-refractivity contribution in [3.63, 3.8) is 0 Å². The molecular weight excluding hydrogens is 436 g/mol. The molecule has 0 atom stereocenters. The van der Waals surface area contributed by atoms with E-state index in [1.807, 2.05) is 0 Å². The van der Waals surface area contributed by atoms with Crippen molar-refractivity contribution in [2.24, 2.45) is 0 Å². The Morgan fingerprint density at radius 3 is 1.91 bits per heavy atom. The van der Waals surface area contributed by atoms with Crippen LogP contribution in [0.1, 0.15) is 72.1 Å². The number of carbonyl (C=O) groups is 1. The summed E-state index contributed by atoms with van der Waals surface area (Å²) in [5.41, 5.74) is 5.24.